The normalized spacial score (nSPS) is 12.3. The minimum Gasteiger partial charge on any atom is -0.494 e. The number of carbonyl (C=O) groups is 3. The quantitative estimate of drug-likeness (QED) is 0.0863. The molecule has 234 valence electrons. The number of hydrogen-bond acceptors (Lipinski definition) is 7. The second-order valence-corrected chi connectivity index (χ2v) is 10.5. The summed E-state index contributed by atoms with van der Waals surface area (Å²) in [5.41, 5.74) is 0.605. The lowest BCUT2D eigenvalue weighted by Gasteiger charge is -2.21. The van der Waals surface area contributed by atoms with Gasteiger partial charge in [-0.25, -0.2) is 0 Å². The van der Waals surface area contributed by atoms with Crippen molar-refractivity contribution < 1.29 is 29.0 Å². The van der Waals surface area contributed by atoms with Crippen molar-refractivity contribution in [2.24, 2.45) is 0 Å². The van der Waals surface area contributed by atoms with Gasteiger partial charge in [0.05, 0.1) is 25.7 Å². The Morgan fingerprint density at radius 2 is 1.44 bits per heavy atom. The molecular formula is C31H54N4O6. The van der Waals surface area contributed by atoms with E-state index in [0.717, 1.165) is 19.4 Å². The standard InChI is InChI=1S/C31H54N4O6/c1-4-5-6-7-8-9-10-11-12-13-20-32-28(37)15-14-22-41-27-18-16-26(17-19-27)34-30(31(39)33-21-23-40-3)35-29(38)24-25(2)36/h16-19,25,30,34,36H,4-15,20-24H2,1-3H3,(H,32,37)(H,33,39)(H,35,38). The zero-order chi connectivity index (χ0) is 30.1. The maximum atomic E-state index is 12.5. The molecule has 10 heteroatoms. The first-order valence-electron chi connectivity index (χ1n) is 15.4. The first-order chi connectivity index (χ1) is 19.8. The summed E-state index contributed by atoms with van der Waals surface area (Å²) in [5.74, 6) is -0.184. The molecule has 2 atom stereocenters. The minimum atomic E-state index is -1.02. The van der Waals surface area contributed by atoms with E-state index in [1.54, 1.807) is 24.3 Å². The van der Waals surface area contributed by atoms with Crippen LogP contribution in [0.25, 0.3) is 0 Å². The van der Waals surface area contributed by atoms with E-state index in [0.29, 0.717) is 44.0 Å². The Balaban J connectivity index is 2.27. The number of carbonyl (C=O) groups excluding carboxylic acids is 3. The molecule has 3 amide bonds. The lowest BCUT2D eigenvalue weighted by Crippen LogP contribution is -2.52. The van der Waals surface area contributed by atoms with Crippen LogP contribution >= 0.6 is 0 Å². The second kappa shape index (κ2) is 23.8. The Bertz CT molecular complexity index is 834. The molecule has 0 aliphatic carbocycles. The van der Waals surface area contributed by atoms with Gasteiger partial charge in [-0.3, -0.25) is 14.4 Å². The van der Waals surface area contributed by atoms with Crippen molar-refractivity contribution >= 4 is 23.4 Å². The molecule has 1 rings (SSSR count). The lowest BCUT2D eigenvalue weighted by molar-refractivity contribution is -0.129. The number of nitrogens with one attached hydrogen (secondary N) is 4. The summed E-state index contributed by atoms with van der Waals surface area (Å²) in [6.07, 6.45) is 11.8. The molecule has 2 unspecified atom stereocenters. The Morgan fingerprint density at radius 1 is 0.805 bits per heavy atom. The summed E-state index contributed by atoms with van der Waals surface area (Å²) < 4.78 is 10.7. The average Bonchev–Trinajstić information content (AvgIpc) is 2.94. The van der Waals surface area contributed by atoms with Gasteiger partial charge in [-0.05, 0) is 44.0 Å². The van der Waals surface area contributed by atoms with Crippen molar-refractivity contribution in [3.05, 3.63) is 24.3 Å². The van der Waals surface area contributed by atoms with Crippen LogP contribution < -0.4 is 26.0 Å². The fraction of sp³-hybridized carbons (Fsp3) is 0.710. The monoisotopic (exact) mass is 578 g/mol. The van der Waals surface area contributed by atoms with Gasteiger partial charge >= 0.3 is 0 Å². The highest BCUT2D eigenvalue weighted by Gasteiger charge is 2.21. The van der Waals surface area contributed by atoms with Crippen LogP contribution in [-0.4, -0.2) is 68.5 Å². The smallest absolute Gasteiger partial charge is 0.263 e. The van der Waals surface area contributed by atoms with Crippen LogP contribution in [0.2, 0.25) is 0 Å². The van der Waals surface area contributed by atoms with E-state index in [1.807, 2.05) is 0 Å². The summed E-state index contributed by atoms with van der Waals surface area (Å²) in [5, 5.41) is 20.7. The van der Waals surface area contributed by atoms with Gasteiger partial charge in [-0.15, -0.1) is 0 Å². The van der Waals surface area contributed by atoms with E-state index in [-0.39, 0.29) is 12.3 Å². The van der Waals surface area contributed by atoms with E-state index >= 15 is 0 Å². The summed E-state index contributed by atoms with van der Waals surface area (Å²) in [6.45, 7) is 5.53. The molecular weight excluding hydrogens is 524 g/mol. The summed E-state index contributed by atoms with van der Waals surface area (Å²) in [7, 11) is 1.53. The predicted octanol–water partition coefficient (Wildman–Crippen LogP) is 4.27. The Hall–Kier alpha value is -2.85. The van der Waals surface area contributed by atoms with Gasteiger partial charge in [0.15, 0.2) is 6.17 Å². The molecule has 0 heterocycles. The zero-order valence-electron chi connectivity index (χ0n) is 25.5. The maximum Gasteiger partial charge on any atom is 0.263 e. The van der Waals surface area contributed by atoms with Crippen molar-refractivity contribution in [1.29, 1.82) is 0 Å². The fourth-order valence-corrected chi connectivity index (χ4v) is 4.20. The maximum absolute atomic E-state index is 12.5. The van der Waals surface area contributed by atoms with Gasteiger partial charge in [-0.1, -0.05) is 64.7 Å². The second-order valence-electron chi connectivity index (χ2n) is 10.5. The van der Waals surface area contributed by atoms with Gasteiger partial charge in [0.2, 0.25) is 11.8 Å². The van der Waals surface area contributed by atoms with Crippen molar-refractivity contribution in [1.82, 2.24) is 16.0 Å². The third kappa shape index (κ3) is 19.8. The van der Waals surface area contributed by atoms with Crippen LogP contribution in [0.15, 0.2) is 24.3 Å². The number of rotatable bonds is 25. The van der Waals surface area contributed by atoms with Gasteiger partial charge in [0.25, 0.3) is 5.91 Å². The molecule has 41 heavy (non-hydrogen) atoms. The topological polar surface area (TPSA) is 138 Å². The van der Waals surface area contributed by atoms with Crippen molar-refractivity contribution in [3.63, 3.8) is 0 Å². The van der Waals surface area contributed by atoms with E-state index in [9.17, 15) is 19.5 Å². The van der Waals surface area contributed by atoms with Crippen molar-refractivity contribution in [2.45, 2.75) is 110 Å². The number of unbranched alkanes of at least 4 members (excludes halogenated alkanes) is 9. The van der Waals surface area contributed by atoms with Crippen molar-refractivity contribution in [2.75, 3.05) is 38.7 Å². The molecule has 0 saturated heterocycles. The molecule has 0 aliphatic rings. The SMILES string of the molecule is CCCCCCCCCCCCNC(=O)CCCOc1ccc(NC(NC(=O)CC(C)O)C(=O)NCCOC)cc1. The largest absolute Gasteiger partial charge is 0.494 e. The number of aliphatic hydroxyl groups excluding tert-OH is 1. The zero-order valence-corrected chi connectivity index (χ0v) is 25.5. The number of hydrogen-bond donors (Lipinski definition) is 5. The third-order valence-corrected chi connectivity index (χ3v) is 6.49. The van der Waals surface area contributed by atoms with Gasteiger partial charge in [-0.2, -0.15) is 0 Å². The molecule has 0 radical (unpaired) electrons. The highest BCUT2D eigenvalue weighted by molar-refractivity contribution is 5.89. The third-order valence-electron chi connectivity index (χ3n) is 6.49. The first-order valence-corrected chi connectivity index (χ1v) is 15.4. The van der Waals surface area contributed by atoms with E-state index in [1.165, 1.54) is 65.4 Å². The molecule has 0 saturated carbocycles. The molecule has 1 aromatic rings. The number of methoxy groups -OCH3 is 1. The highest BCUT2D eigenvalue weighted by atomic mass is 16.5. The summed E-state index contributed by atoms with van der Waals surface area (Å²) >= 11 is 0. The Morgan fingerprint density at radius 3 is 2.05 bits per heavy atom. The van der Waals surface area contributed by atoms with Crippen LogP contribution in [0.4, 0.5) is 5.69 Å². The van der Waals surface area contributed by atoms with E-state index in [2.05, 4.69) is 28.2 Å². The number of aliphatic hydroxyl groups is 1. The van der Waals surface area contributed by atoms with Gasteiger partial charge in [0.1, 0.15) is 5.75 Å². The number of benzene rings is 1. The van der Waals surface area contributed by atoms with Crippen LogP contribution in [0.3, 0.4) is 0 Å². The van der Waals surface area contributed by atoms with Crippen LogP contribution in [0, 0.1) is 0 Å². The van der Waals surface area contributed by atoms with Crippen LogP contribution in [0.5, 0.6) is 5.75 Å². The predicted molar refractivity (Wildman–Crippen MR) is 163 cm³/mol. The minimum absolute atomic E-state index is 0.0523. The lowest BCUT2D eigenvalue weighted by atomic mass is 10.1. The number of amides is 3. The molecule has 10 nitrogen and oxygen atoms in total. The van der Waals surface area contributed by atoms with E-state index in [4.69, 9.17) is 9.47 Å². The molecule has 0 aliphatic heterocycles. The van der Waals surface area contributed by atoms with Crippen LogP contribution in [0.1, 0.15) is 97.3 Å². The van der Waals surface area contributed by atoms with Crippen LogP contribution in [-0.2, 0) is 19.1 Å². The first kappa shape index (κ1) is 36.2. The Labute approximate surface area is 246 Å². The van der Waals surface area contributed by atoms with E-state index < -0.39 is 24.1 Å². The van der Waals surface area contributed by atoms with Gasteiger partial charge < -0.3 is 35.8 Å². The van der Waals surface area contributed by atoms with Gasteiger partial charge in [0, 0.05) is 32.3 Å². The summed E-state index contributed by atoms with van der Waals surface area (Å²) in [4.78, 5) is 36.8. The average molecular weight is 579 g/mol. The molecule has 0 fully saturated rings. The Kier molecular flexibility index (Phi) is 21.0. The molecule has 1 aromatic carbocycles. The fourth-order valence-electron chi connectivity index (χ4n) is 4.20. The molecule has 5 N–H and O–H groups in total. The molecule has 0 aromatic heterocycles. The highest BCUT2D eigenvalue weighted by Crippen LogP contribution is 2.17. The number of ether oxygens (including phenoxy) is 2. The number of anilines is 1. The summed E-state index contributed by atoms with van der Waals surface area (Å²) in [6, 6.07) is 6.99. The molecule has 0 bridgehead atoms. The van der Waals surface area contributed by atoms with Crippen molar-refractivity contribution in [3.8, 4) is 5.75 Å². The molecule has 0 spiro atoms.